The number of nitrogens with two attached hydrogens (primary N) is 1. The Labute approximate surface area is 241 Å². The summed E-state index contributed by atoms with van der Waals surface area (Å²) in [5.74, 6) is -2.16. The first-order valence-electron chi connectivity index (χ1n) is 12.8. The van der Waals surface area contributed by atoms with Gasteiger partial charge in [0.15, 0.2) is 11.6 Å². The molecular formula is C30H27ClFN5O4. The van der Waals surface area contributed by atoms with E-state index in [9.17, 15) is 24.3 Å². The first kappa shape index (κ1) is 29.3. The molecule has 1 saturated carbocycles. The predicted octanol–water partition coefficient (Wildman–Crippen LogP) is 5.86. The van der Waals surface area contributed by atoms with Crippen LogP contribution in [0.5, 0.6) is 5.75 Å². The van der Waals surface area contributed by atoms with Crippen molar-refractivity contribution in [1.82, 2.24) is 4.98 Å². The van der Waals surface area contributed by atoms with Crippen molar-refractivity contribution in [2.75, 3.05) is 10.6 Å². The van der Waals surface area contributed by atoms with Gasteiger partial charge in [0.1, 0.15) is 23.2 Å². The van der Waals surface area contributed by atoms with Gasteiger partial charge in [0, 0.05) is 28.9 Å². The zero-order valence-corrected chi connectivity index (χ0v) is 22.6. The number of furan rings is 1. The molecule has 5 rings (SSSR count). The number of nitrogens with zero attached hydrogens (tertiary/aromatic N) is 2. The van der Waals surface area contributed by atoms with Crippen LogP contribution in [-0.2, 0) is 4.79 Å². The van der Waals surface area contributed by atoms with Gasteiger partial charge in [-0.25, -0.2) is 9.37 Å². The summed E-state index contributed by atoms with van der Waals surface area (Å²) >= 11 is 0. The third kappa shape index (κ3) is 6.38. The third-order valence-corrected chi connectivity index (χ3v) is 6.94. The number of hydrogen-bond acceptors (Lipinski definition) is 7. The van der Waals surface area contributed by atoms with E-state index in [2.05, 4.69) is 21.7 Å². The molecule has 0 radical (unpaired) electrons. The summed E-state index contributed by atoms with van der Waals surface area (Å²) < 4.78 is 18.9. The Balaban J connectivity index is 0.00000387. The molecule has 1 aliphatic carbocycles. The maximum Gasteiger partial charge on any atom is 0.292 e. The van der Waals surface area contributed by atoms with Gasteiger partial charge in [0.2, 0.25) is 5.91 Å². The van der Waals surface area contributed by atoms with Gasteiger partial charge in [0.25, 0.3) is 5.91 Å². The summed E-state index contributed by atoms with van der Waals surface area (Å²) in [6.45, 7) is 0. The number of anilines is 2. The van der Waals surface area contributed by atoms with Crippen LogP contribution in [0.4, 0.5) is 15.9 Å². The van der Waals surface area contributed by atoms with Crippen LogP contribution in [0.1, 0.15) is 41.8 Å². The molecule has 41 heavy (non-hydrogen) atoms. The summed E-state index contributed by atoms with van der Waals surface area (Å²) in [6, 6.07) is 16.8. The Morgan fingerprint density at radius 3 is 2.56 bits per heavy atom. The number of aromatic nitrogens is 1. The number of nitriles is 1. The zero-order chi connectivity index (χ0) is 28.2. The third-order valence-electron chi connectivity index (χ3n) is 6.94. The summed E-state index contributed by atoms with van der Waals surface area (Å²) in [6.07, 6.45) is 4.81. The average Bonchev–Trinajstić information content (AvgIpc) is 3.48. The average molecular weight is 576 g/mol. The largest absolute Gasteiger partial charge is 0.507 e. The zero-order valence-electron chi connectivity index (χ0n) is 21.8. The number of rotatable bonds is 6. The topological polar surface area (TPSA) is 154 Å². The lowest BCUT2D eigenvalue weighted by atomic mass is 9.84. The second-order valence-corrected chi connectivity index (χ2v) is 9.61. The van der Waals surface area contributed by atoms with Crippen LogP contribution in [0.25, 0.3) is 22.4 Å². The normalized spacial score (nSPS) is 16.2. The molecule has 1 aliphatic rings. The smallest absolute Gasteiger partial charge is 0.292 e. The summed E-state index contributed by atoms with van der Waals surface area (Å²) in [5, 5.41) is 26.1. The van der Waals surface area contributed by atoms with E-state index in [1.165, 1.54) is 24.5 Å². The number of aromatic hydroxyl groups is 1. The highest BCUT2D eigenvalue weighted by atomic mass is 35.5. The van der Waals surface area contributed by atoms with E-state index in [-0.39, 0.29) is 64.4 Å². The summed E-state index contributed by atoms with van der Waals surface area (Å²) in [7, 11) is 0. The first-order chi connectivity index (χ1) is 19.3. The number of nitrogens with one attached hydrogen (secondary N) is 2. The van der Waals surface area contributed by atoms with Crippen molar-refractivity contribution in [3.63, 3.8) is 0 Å². The number of amides is 2. The Hall–Kier alpha value is -4.72. The maximum absolute atomic E-state index is 13.7. The van der Waals surface area contributed by atoms with Crippen molar-refractivity contribution in [2.45, 2.75) is 31.7 Å². The number of halogens is 2. The van der Waals surface area contributed by atoms with E-state index in [0.717, 1.165) is 31.7 Å². The van der Waals surface area contributed by atoms with E-state index >= 15 is 0 Å². The monoisotopic (exact) mass is 575 g/mol. The van der Waals surface area contributed by atoms with Crippen LogP contribution in [0.15, 0.2) is 71.3 Å². The van der Waals surface area contributed by atoms with Crippen molar-refractivity contribution < 1.29 is 23.5 Å². The number of benzene rings is 2. The molecule has 2 atom stereocenters. The highest BCUT2D eigenvalue weighted by Gasteiger charge is 2.28. The summed E-state index contributed by atoms with van der Waals surface area (Å²) in [5.41, 5.74) is 8.03. The van der Waals surface area contributed by atoms with Crippen LogP contribution in [0, 0.1) is 23.1 Å². The van der Waals surface area contributed by atoms with Gasteiger partial charge in [-0.05, 0) is 60.9 Å². The molecule has 2 aromatic carbocycles. The molecule has 0 unspecified atom stereocenters. The predicted molar refractivity (Wildman–Crippen MR) is 154 cm³/mol. The molecule has 11 heteroatoms. The molecule has 0 saturated heterocycles. The van der Waals surface area contributed by atoms with Gasteiger partial charge in [-0.1, -0.05) is 25.0 Å². The molecule has 210 valence electrons. The van der Waals surface area contributed by atoms with Crippen molar-refractivity contribution in [3.8, 4) is 34.2 Å². The van der Waals surface area contributed by atoms with Gasteiger partial charge in [-0.15, -0.1) is 12.4 Å². The molecule has 1 fully saturated rings. The van der Waals surface area contributed by atoms with Crippen LogP contribution >= 0.6 is 12.4 Å². The molecule has 0 spiro atoms. The highest BCUT2D eigenvalue weighted by molar-refractivity contribution is 6.03. The van der Waals surface area contributed by atoms with Gasteiger partial charge >= 0.3 is 0 Å². The van der Waals surface area contributed by atoms with Gasteiger partial charge in [-0.2, -0.15) is 5.26 Å². The lowest BCUT2D eigenvalue weighted by molar-refractivity contribution is -0.121. The molecule has 0 aliphatic heterocycles. The standard InChI is InChI=1S/C30H26FN5O4.ClH/c31-18-10-11-21(26(37)14-18)25-15-22(23(16-32)28(35-25)36-30(39)27-9-4-12-40-27)17-5-3-6-19(13-17)34-29(38)20-7-1-2-8-24(20)33;/h3-6,9-15,20,24,37H,1-2,7-8,33H2,(H,34,38)(H,35,36,39);1H/t20-,24+;/m0./s1. The van der Waals surface area contributed by atoms with Gasteiger partial charge in [-0.3, -0.25) is 9.59 Å². The number of pyridine rings is 1. The second-order valence-electron chi connectivity index (χ2n) is 9.61. The summed E-state index contributed by atoms with van der Waals surface area (Å²) in [4.78, 5) is 30.2. The Morgan fingerprint density at radius 1 is 1.05 bits per heavy atom. The molecule has 2 aromatic heterocycles. The number of carbonyl (C=O) groups is 2. The van der Waals surface area contributed by atoms with Crippen molar-refractivity contribution in [1.29, 1.82) is 5.26 Å². The molecule has 9 nitrogen and oxygen atoms in total. The number of carbonyl (C=O) groups excluding carboxylic acids is 2. The van der Waals surface area contributed by atoms with Crippen molar-refractivity contribution >= 4 is 35.7 Å². The van der Waals surface area contributed by atoms with Crippen LogP contribution in [0.3, 0.4) is 0 Å². The SMILES string of the molecule is Cl.N#Cc1c(-c2cccc(NC(=O)[C@H]3CCCC[C@H]3N)c2)cc(-c2ccc(F)cc2O)nc1NC(=O)c1ccco1. The number of phenols is 1. The van der Waals surface area contributed by atoms with E-state index in [4.69, 9.17) is 10.2 Å². The minimum atomic E-state index is -0.636. The van der Waals surface area contributed by atoms with Crippen molar-refractivity contribution in [2.24, 2.45) is 11.7 Å². The molecule has 0 bridgehead atoms. The minimum absolute atomic E-state index is 0. The van der Waals surface area contributed by atoms with Crippen molar-refractivity contribution in [3.05, 3.63) is 84.1 Å². The van der Waals surface area contributed by atoms with Crippen LogP contribution in [0.2, 0.25) is 0 Å². The lowest BCUT2D eigenvalue weighted by Crippen LogP contribution is -2.40. The van der Waals surface area contributed by atoms with Crippen LogP contribution in [-0.4, -0.2) is 27.9 Å². The Kier molecular flexibility index (Phi) is 9.02. The Bertz CT molecular complexity index is 1620. The van der Waals surface area contributed by atoms with Gasteiger partial charge < -0.3 is 25.9 Å². The van der Waals surface area contributed by atoms with E-state index in [1.54, 1.807) is 36.4 Å². The highest BCUT2D eigenvalue weighted by Crippen LogP contribution is 2.37. The molecular weight excluding hydrogens is 549 g/mol. The number of hydrogen-bond donors (Lipinski definition) is 4. The van der Waals surface area contributed by atoms with Crippen LogP contribution < -0.4 is 16.4 Å². The molecule has 4 aromatic rings. The molecule has 2 amide bonds. The fourth-order valence-corrected chi connectivity index (χ4v) is 4.90. The lowest BCUT2D eigenvalue weighted by Gasteiger charge is -2.27. The number of phenolic OH excluding ortho intramolecular Hbond substituents is 1. The second kappa shape index (κ2) is 12.6. The molecule has 5 N–H and O–H groups in total. The quantitative estimate of drug-likeness (QED) is 0.224. The first-order valence-corrected chi connectivity index (χ1v) is 12.8. The molecule has 2 heterocycles. The fourth-order valence-electron chi connectivity index (χ4n) is 4.90. The van der Waals surface area contributed by atoms with E-state index in [1.807, 2.05) is 0 Å². The Morgan fingerprint density at radius 2 is 1.85 bits per heavy atom. The minimum Gasteiger partial charge on any atom is -0.507 e. The van der Waals surface area contributed by atoms with E-state index in [0.29, 0.717) is 16.8 Å². The fraction of sp³-hybridized carbons (Fsp3) is 0.200. The maximum atomic E-state index is 13.7. The van der Waals surface area contributed by atoms with Gasteiger partial charge in [0.05, 0.1) is 17.9 Å². The van der Waals surface area contributed by atoms with E-state index < -0.39 is 11.7 Å².